The minimum absolute atomic E-state index is 0.148. The predicted molar refractivity (Wildman–Crippen MR) is 112 cm³/mol. The molecule has 1 amide bonds. The molecule has 0 saturated carbocycles. The van der Waals surface area contributed by atoms with Crippen LogP contribution in [0.2, 0.25) is 0 Å². The number of carbonyl (C=O) groups is 1. The summed E-state index contributed by atoms with van der Waals surface area (Å²) in [7, 11) is -3.95. The van der Waals surface area contributed by atoms with E-state index in [9.17, 15) is 17.6 Å². The molecule has 2 aliphatic rings. The van der Waals surface area contributed by atoms with Gasteiger partial charge >= 0.3 is 0 Å². The summed E-state index contributed by atoms with van der Waals surface area (Å²) in [6.07, 6.45) is 3.74. The molecule has 8 heteroatoms. The third-order valence-corrected chi connectivity index (χ3v) is 7.72. The van der Waals surface area contributed by atoms with Crippen LogP contribution in [0.1, 0.15) is 40.7 Å². The van der Waals surface area contributed by atoms with E-state index in [1.807, 2.05) is 24.3 Å². The SMILES string of the molecule is O=C(NC[C@H]1CCCCN1)c1cc(F)ccc1S(=O)(=O)N1CCc2ccccc2C1. The van der Waals surface area contributed by atoms with Gasteiger partial charge in [0.1, 0.15) is 5.82 Å². The van der Waals surface area contributed by atoms with Crippen LogP contribution in [0, 0.1) is 5.82 Å². The Morgan fingerprint density at radius 1 is 1.17 bits per heavy atom. The van der Waals surface area contributed by atoms with E-state index in [2.05, 4.69) is 10.6 Å². The minimum atomic E-state index is -3.95. The Morgan fingerprint density at radius 2 is 1.97 bits per heavy atom. The number of amides is 1. The van der Waals surface area contributed by atoms with Crippen LogP contribution in [-0.4, -0.2) is 44.3 Å². The van der Waals surface area contributed by atoms with E-state index in [1.165, 1.54) is 10.4 Å². The maximum atomic E-state index is 13.9. The van der Waals surface area contributed by atoms with Gasteiger partial charge in [-0.15, -0.1) is 0 Å². The number of hydrogen-bond donors (Lipinski definition) is 2. The molecule has 2 aromatic carbocycles. The number of carbonyl (C=O) groups excluding carboxylic acids is 1. The van der Waals surface area contributed by atoms with E-state index in [0.29, 0.717) is 19.5 Å². The van der Waals surface area contributed by atoms with Crippen molar-refractivity contribution in [1.29, 1.82) is 0 Å². The summed E-state index contributed by atoms with van der Waals surface area (Å²) < 4.78 is 42.0. The molecule has 1 saturated heterocycles. The number of rotatable bonds is 5. The Balaban J connectivity index is 1.57. The molecule has 0 aliphatic carbocycles. The lowest BCUT2D eigenvalue weighted by atomic mass is 10.0. The lowest BCUT2D eigenvalue weighted by Crippen LogP contribution is -2.44. The van der Waals surface area contributed by atoms with Gasteiger partial charge in [-0.05, 0) is 55.1 Å². The summed E-state index contributed by atoms with van der Waals surface area (Å²) in [5.74, 6) is -1.21. The van der Waals surface area contributed by atoms with E-state index in [4.69, 9.17) is 0 Å². The molecule has 6 nitrogen and oxygen atoms in total. The molecule has 2 aliphatic heterocycles. The first kappa shape index (κ1) is 21.0. The van der Waals surface area contributed by atoms with E-state index >= 15 is 0 Å². The number of nitrogens with zero attached hydrogens (tertiary/aromatic N) is 1. The average Bonchev–Trinajstić information content (AvgIpc) is 2.77. The summed E-state index contributed by atoms with van der Waals surface area (Å²) >= 11 is 0. The molecule has 0 aromatic heterocycles. The highest BCUT2D eigenvalue weighted by molar-refractivity contribution is 7.89. The fourth-order valence-electron chi connectivity index (χ4n) is 4.13. The van der Waals surface area contributed by atoms with Crippen LogP contribution >= 0.6 is 0 Å². The van der Waals surface area contributed by atoms with Gasteiger partial charge in [0.2, 0.25) is 10.0 Å². The molecule has 160 valence electrons. The summed E-state index contributed by atoms with van der Waals surface area (Å²) in [6, 6.07) is 11.2. The molecule has 4 rings (SSSR count). The first-order chi connectivity index (χ1) is 14.4. The normalized spacial score (nSPS) is 19.8. The van der Waals surface area contributed by atoms with Gasteiger partial charge in [0, 0.05) is 25.7 Å². The van der Waals surface area contributed by atoms with Gasteiger partial charge in [-0.2, -0.15) is 4.31 Å². The van der Waals surface area contributed by atoms with Gasteiger partial charge in [0.05, 0.1) is 10.5 Å². The van der Waals surface area contributed by atoms with Crippen LogP contribution in [0.3, 0.4) is 0 Å². The Bertz CT molecular complexity index is 1040. The Labute approximate surface area is 176 Å². The zero-order chi connectivity index (χ0) is 21.1. The quantitative estimate of drug-likeness (QED) is 0.762. The summed E-state index contributed by atoms with van der Waals surface area (Å²) in [5.41, 5.74) is 1.93. The lowest BCUT2D eigenvalue weighted by Gasteiger charge is -2.29. The van der Waals surface area contributed by atoms with Crippen LogP contribution in [0.25, 0.3) is 0 Å². The van der Waals surface area contributed by atoms with E-state index < -0.39 is 21.7 Å². The number of sulfonamides is 1. The predicted octanol–water partition coefficient (Wildman–Crippen LogP) is 2.44. The molecular weight excluding hydrogens is 405 g/mol. The van der Waals surface area contributed by atoms with Gasteiger partial charge in [-0.3, -0.25) is 4.79 Å². The number of halogens is 1. The van der Waals surface area contributed by atoms with Crippen LogP contribution < -0.4 is 10.6 Å². The zero-order valence-corrected chi connectivity index (χ0v) is 17.6. The van der Waals surface area contributed by atoms with Crippen molar-refractivity contribution in [3.8, 4) is 0 Å². The van der Waals surface area contributed by atoms with Gasteiger partial charge in [-0.25, -0.2) is 12.8 Å². The number of piperidine rings is 1. The largest absolute Gasteiger partial charge is 0.350 e. The fourth-order valence-corrected chi connectivity index (χ4v) is 5.72. The first-order valence-electron chi connectivity index (χ1n) is 10.3. The number of benzene rings is 2. The second-order valence-corrected chi connectivity index (χ2v) is 9.76. The molecule has 0 radical (unpaired) electrons. The number of hydrogen-bond acceptors (Lipinski definition) is 4. The van der Waals surface area contributed by atoms with Crippen molar-refractivity contribution in [2.45, 2.75) is 43.2 Å². The van der Waals surface area contributed by atoms with Crippen LogP contribution in [-0.2, 0) is 23.0 Å². The smallest absolute Gasteiger partial charge is 0.252 e. The molecule has 2 N–H and O–H groups in total. The van der Waals surface area contributed by atoms with Gasteiger partial charge < -0.3 is 10.6 Å². The van der Waals surface area contributed by atoms with Crippen molar-refractivity contribution in [1.82, 2.24) is 14.9 Å². The van der Waals surface area contributed by atoms with Crippen molar-refractivity contribution < 1.29 is 17.6 Å². The highest BCUT2D eigenvalue weighted by atomic mass is 32.2. The topological polar surface area (TPSA) is 78.5 Å². The molecule has 0 bridgehead atoms. The van der Waals surface area contributed by atoms with Crippen molar-refractivity contribution in [2.24, 2.45) is 0 Å². The molecule has 30 heavy (non-hydrogen) atoms. The molecule has 0 unspecified atom stereocenters. The summed E-state index contributed by atoms with van der Waals surface area (Å²) in [4.78, 5) is 12.6. The Hall–Kier alpha value is -2.29. The number of nitrogens with one attached hydrogen (secondary N) is 2. The Kier molecular flexibility index (Phi) is 6.17. The molecule has 2 heterocycles. The molecule has 0 spiro atoms. The summed E-state index contributed by atoms with van der Waals surface area (Å²) in [6.45, 7) is 1.84. The van der Waals surface area contributed by atoms with Crippen molar-refractivity contribution >= 4 is 15.9 Å². The first-order valence-corrected chi connectivity index (χ1v) is 11.8. The highest BCUT2D eigenvalue weighted by Crippen LogP contribution is 2.27. The fraction of sp³-hybridized carbons (Fsp3) is 0.409. The van der Waals surface area contributed by atoms with Crippen LogP contribution in [0.5, 0.6) is 0 Å². The molecule has 1 atom stereocenters. The lowest BCUT2D eigenvalue weighted by molar-refractivity contribution is 0.0943. The van der Waals surface area contributed by atoms with Gasteiger partial charge in [0.15, 0.2) is 0 Å². The highest BCUT2D eigenvalue weighted by Gasteiger charge is 2.32. The third-order valence-electron chi connectivity index (χ3n) is 5.82. The monoisotopic (exact) mass is 431 g/mol. The van der Waals surface area contributed by atoms with Gasteiger partial charge in [0.25, 0.3) is 5.91 Å². The van der Waals surface area contributed by atoms with Crippen molar-refractivity contribution in [3.05, 3.63) is 65.0 Å². The minimum Gasteiger partial charge on any atom is -0.350 e. The molecule has 2 aromatic rings. The third kappa shape index (κ3) is 4.40. The average molecular weight is 432 g/mol. The second kappa shape index (κ2) is 8.83. The molecule has 1 fully saturated rings. The standard InChI is InChI=1S/C22H26FN3O3S/c23-18-8-9-21(20(13-18)22(27)25-14-19-7-3-4-11-24-19)30(28,29)26-12-10-16-5-1-2-6-17(16)15-26/h1-2,5-6,8-9,13,19,24H,3-4,7,10-12,14-15H2,(H,25,27)/t19-/m1/s1. The number of fused-ring (bicyclic) bond motifs is 1. The van der Waals surface area contributed by atoms with Crippen LogP contribution in [0.15, 0.2) is 47.4 Å². The van der Waals surface area contributed by atoms with Crippen molar-refractivity contribution in [3.63, 3.8) is 0 Å². The van der Waals surface area contributed by atoms with Crippen LogP contribution in [0.4, 0.5) is 4.39 Å². The maximum Gasteiger partial charge on any atom is 0.252 e. The molecular formula is C22H26FN3O3S. The zero-order valence-electron chi connectivity index (χ0n) is 16.7. The maximum absolute atomic E-state index is 13.9. The summed E-state index contributed by atoms with van der Waals surface area (Å²) in [5, 5.41) is 6.10. The second-order valence-electron chi connectivity index (χ2n) is 7.85. The van der Waals surface area contributed by atoms with E-state index in [0.717, 1.165) is 49.1 Å². The van der Waals surface area contributed by atoms with Crippen molar-refractivity contribution in [2.75, 3.05) is 19.6 Å². The van der Waals surface area contributed by atoms with E-state index in [-0.39, 0.29) is 23.0 Å². The Morgan fingerprint density at radius 3 is 2.73 bits per heavy atom. The van der Waals surface area contributed by atoms with E-state index in [1.54, 1.807) is 0 Å². The van der Waals surface area contributed by atoms with Gasteiger partial charge in [-0.1, -0.05) is 30.7 Å².